The Bertz CT molecular complexity index is 1060. The van der Waals surface area contributed by atoms with Gasteiger partial charge in [-0.05, 0) is 74.4 Å². The van der Waals surface area contributed by atoms with E-state index < -0.39 is 5.60 Å². The summed E-state index contributed by atoms with van der Waals surface area (Å²) in [6.07, 6.45) is 8.63. The van der Waals surface area contributed by atoms with Gasteiger partial charge in [-0.2, -0.15) is 0 Å². The van der Waals surface area contributed by atoms with Gasteiger partial charge < -0.3 is 24.4 Å². The molecule has 1 aliphatic carbocycles. The summed E-state index contributed by atoms with van der Waals surface area (Å²) in [4.78, 5) is 26.5. The lowest BCUT2D eigenvalue weighted by atomic mass is 9.84. The van der Waals surface area contributed by atoms with Gasteiger partial charge >= 0.3 is 0 Å². The molecule has 1 amide bonds. The van der Waals surface area contributed by atoms with Gasteiger partial charge in [0.2, 0.25) is 5.95 Å². The number of likely N-dealkylation sites (tertiary alicyclic amines) is 1. The van der Waals surface area contributed by atoms with E-state index in [4.69, 9.17) is 9.47 Å². The van der Waals surface area contributed by atoms with E-state index in [2.05, 4.69) is 14.9 Å². The Kier molecular flexibility index (Phi) is 7.03. The molecule has 5 rings (SSSR count). The number of methoxy groups -OCH3 is 1. The van der Waals surface area contributed by atoms with E-state index in [9.17, 15) is 9.90 Å². The maximum absolute atomic E-state index is 13.5. The maximum atomic E-state index is 13.5. The molecule has 1 spiro atoms. The molecular weight excluding hydrogens is 456 g/mol. The molecule has 1 atom stereocenters. The summed E-state index contributed by atoms with van der Waals surface area (Å²) in [5.74, 6) is 0.753. The summed E-state index contributed by atoms with van der Waals surface area (Å²) < 4.78 is 12.0. The molecule has 3 fully saturated rings. The van der Waals surface area contributed by atoms with Crippen LogP contribution in [0.4, 0.5) is 5.95 Å². The third kappa shape index (κ3) is 4.86. The number of rotatable bonds is 5. The summed E-state index contributed by atoms with van der Waals surface area (Å²) in [5.41, 5.74) is 2.61. The summed E-state index contributed by atoms with van der Waals surface area (Å²) in [5, 5.41) is 11.2. The zero-order valence-electron chi connectivity index (χ0n) is 21.7. The Hall–Kier alpha value is -2.55. The van der Waals surface area contributed by atoms with E-state index in [1.165, 1.54) is 0 Å². The molecule has 8 nitrogen and oxygen atoms in total. The van der Waals surface area contributed by atoms with E-state index in [1.807, 2.05) is 36.9 Å². The highest BCUT2D eigenvalue weighted by atomic mass is 16.5. The van der Waals surface area contributed by atoms with Crippen molar-refractivity contribution in [2.45, 2.75) is 69.7 Å². The van der Waals surface area contributed by atoms with Crippen LogP contribution in [0.2, 0.25) is 0 Å². The fourth-order valence-corrected chi connectivity index (χ4v) is 6.57. The number of nitrogens with zero attached hydrogens (tertiary/aromatic N) is 4. The van der Waals surface area contributed by atoms with E-state index in [0.29, 0.717) is 44.3 Å². The predicted octanol–water partition coefficient (Wildman–Crippen LogP) is 3.38. The number of morpholine rings is 1. The van der Waals surface area contributed by atoms with E-state index in [0.717, 1.165) is 55.2 Å². The van der Waals surface area contributed by atoms with Crippen LogP contribution in [0.15, 0.2) is 30.6 Å². The van der Waals surface area contributed by atoms with Gasteiger partial charge in [-0.3, -0.25) is 4.79 Å². The number of amides is 1. The number of carbonyl (C=O) groups is 1. The van der Waals surface area contributed by atoms with Gasteiger partial charge in [-0.1, -0.05) is 12.8 Å². The minimum Gasteiger partial charge on any atom is -0.385 e. The van der Waals surface area contributed by atoms with Crippen molar-refractivity contribution in [3.8, 4) is 0 Å². The van der Waals surface area contributed by atoms with E-state index in [1.54, 1.807) is 19.5 Å². The van der Waals surface area contributed by atoms with Crippen molar-refractivity contribution >= 4 is 11.9 Å². The number of hydrogen-bond donors (Lipinski definition) is 1. The van der Waals surface area contributed by atoms with Crippen molar-refractivity contribution < 1.29 is 19.4 Å². The molecule has 36 heavy (non-hydrogen) atoms. The van der Waals surface area contributed by atoms with Gasteiger partial charge in [0.15, 0.2) is 0 Å². The highest BCUT2D eigenvalue weighted by Crippen LogP contribution is 2.42. The lowest BCUT2D eigenvalue weighted by molar-refractivity contribution is -0.145. The molecule has 2 aromatic rings. The number of piperidine rings is 1. The average Bonchev–Trinajstić information content (AvgIpc) is 3.31. The molecule has 2 aliphatic heterocycles. The molecule has 3 aliphatic rings. The SMILES string of the molecule is COCC1CN(c2ncccn2)CC2(CCN(C(=O)c3cc(C)c(C4(O)CCCC4)c(C)c3)CC2)O1. The minimum atomic E-state index is -0.751. The molecule has 0 bridgehead atoms. The van der Waals surface area contributed by atoms with Crippen LogP contribution in [0.3, 0.4) is 0 Å². The van der Waals surface area contributed by atoms with Gasteiger partial charge in [0.25, 0.3) is 5.91 Å². The molecule has 1 aromatic heterocycles. The Morgan fingerprint density at radius 2 is 1.75 bits per heavy atom. The normalized spacial score (nSPS) is 23.3. The highest BCUT2D eigenvalue weighted by Gasteiger charge is 2.44. The molecule has 1 aromatic carbocycles. The van der Waals surface area contributed by atoms with Crippen LogP contribution in [0.5, 0.6) is 0 Å². The Balaban J connectivity index is 1.30. The summed E-state index contributed by atoms with van der Waals surface area (Å²) in [6.45, 7) is 7.19. The van der Waals surface area contributed by atoms with Crippen molar-refractivity contribution in [2.75, 3.05) is 44.8 Å². The third-order valence-electron chi connectivity index (χ3n) is 8.14. The zero-order valence-corrected chi connectivity index (χ0v) is 21.7. The molecule has 2 saturated heterocycles. The number of aromatic nitrogens is 2. The lowest BCUT2D eigenvalue weighted by Gasteiger charge is -2.49. The number of carbonyl (C=O) groups excluding carboxylic acids is 1. The van der Waals surface area contributed by atoms with Gasteiger partial charge in [0.05, 0.1) is 30.5 Å². The first-order chi connectivity index (χ1) is 17.3. The van der Waals surface area contributed by atoms with Crippen LogP contribution in [-0.2, 0) is 15.1 Å². The zero-order chi connectivity index (χ0) is 25.3. The fraction of sp³-hybridized carbons (Fsp3) is 0.607. The van der Waals surface area contributed by atoms with Crippen LogP contribution < -0.4 is 4.90 Å². The van der Waals surface area contributed by atoms with E-state index >= 15 is 0 Å². The largest absolute Gasteiger partial charge is 0.385 e. The second-order valence-corrected chi connectivity index (χ2v) is 10.8. The van der Waals surface area contributed by atoms with Gasteiger partial charge in [0.1, 0.15) is 0 Å². The number of benzene rings is 1. The number of aliphatic hydroxyl groups is 1. The van der Waals surface area contributed by atoms with Gasteiger partial charge in [-0.25, -0.2) is 9.97 Å². The van der Waals surface area contributed by atoms with Crippen LogP contribution in [0.25, 0.3) is 0 Å². The predicted molar refractivity (Wildman–Crippen MR) is 137 cm³/mol. The molecule has 0 radical (unpaired) electrons. The number of anilines is 1. The minimum absolute atomic E-state index is 0.0495. The maximum Gasteiger partial charge on any atom is 0.253 e. The first kappa shape index (κ1) is 25.1. The third-order valence-corrected chi connectivity index (χ3v) is 8.14. The highest BCUT2D eigenvalue weighted by molar-refractivity contribution is 5.95. The van der Waals surface area contributed by atoms with Crippen LogP contribution in [-0.4, -0.2) is 77.5 Å². The Labute approximate surface area is 213 Å². The summed E-state index contributed by atoms with van der Waals surface area (Å²) in [7, 11) is 1.69. The summed E-state index contributed by atoms with van der Waals surface area (Å²) in [6, 6.07) is 5.75. The molecule has 1 unspecified atom stereocenters. The first-order valence-corrected chi connectivity index (χ1v) is 13.1. The molecule has 3 heterocycles. The molecule has 1 saturated carbocycles. The monoisotopic (exact) mass is 494 g/mol. The quantitative estimate of drug-likeness (QED) is 0.682. The van der Waals surface area contributed by atoms with Crippen molar-refractivity contribution in [3.05, 3.63) is 52.8 Å². The molecule has 194 valence electrons. The molecular formula is C28H38N4O4. The Morgan fingerprint density at radius 3 is 2.36 bits per heavy atom. The second kappa shape index (κ2) is 10.1. The molecule has 8 heteroatoms. The fourth-order valence-electron chi connectivity index (χ4n) is 6.57. The Morgan fingerprint density at radius 1 is 1.11 bits per heavy atom. The second-order valence-electron chi connectivity index (χ2n) is 10.8. The van der Waals surface area contributed by atoms with Gasteiger partial charge in [-0.15, -0.1) is 0 Å². The van der Waals surface area contributed by atoms with Crippen molar-refractivity contribution in [1.82, 2.24) is 14.9 Å². The van der Waals surface area contributed by atoms with E-state index in [-0.39, 0.29) is 17.6 Å². The van der Waals surface area contributed by atoms with Crippen LogP contribution in [0, 0.1) is 13.8 Å². The van der Waals surface area contributed by atoms with Gasteiger partial charge in [0, 0.05) is 44.7 Å². The number of hydrogen-bond acceptors (Lipinski definition) is 7. The number of aryl methyl sites for hydroxylation is 2. The summed E-state index contributed by atoms with van der Waals surface area (Å²) >= 11 is 0. The van der Waals surface area contributed by atoms with Crippen LogP contribution in [0.1, 0.15) is 65.6 Å². The topological polar surface area (TPSA) is 88.0 Å². The van der Waals surface area contributed by atoms with Crippen molar-refractivity contribution in [1.29, 1.82) is 0 Å². The molecule has 1 N–H and O–H groups in total. The number of ether oxygens (including phenoxy) is 2. The van der Waals surface area contributed by atoms with Crippen molar-refractivity contribution in [2.24, 2.45) is 0 Å². The smallest absolute Gasteiger partial charge is 0.253 e. The average molecular weight is 495 g/mol. The lowest BCUT2D eigenvalue weighted by Crippen LogP contribution is -2.61. The van der Waals surface area contributed by atoms with Crippen LogP contribution >= 0.6 is 0 Å². The standard InChI is InChI=1S/C28H38N4O4/c1-20-15-22(16-21(2)24(20)28(34)7-4-5-8-28)25(33)31-13-9-27(10-14-31)19-32(17-23(36-27)18-35-3)26-29-11-6-12-30-26/h6,11-12,15-16,23,34H,4-5,7-10,13-14,17-19H2,1-3H3. The van der Waals surface area contributed by atoms with Crippen molar-refractivity contribution in [3.63, 3.8) is 0 Å². The first-order valence-electron chi connectivity index (χ1n) is 13.1.